The van der Waals surface area contributed by atoms with Crippen LogP contribution in [0.1, 0.15) is 43.0 Å². The molecule has 1 aliphatic heterocycles. The summed E-state index contributed by atoms with van der Waals surface area (Å²) in [5.41, 5.74) is 2.25. The zero-order chi connectivity index (χ0) is 17.5. The zero-order valence-corrected chi connectivity index (χ0v) is 14.7. The van der Waals surface area contributed by atoms with Gasteiger partial charge in [0, 0.05) is 18.9 Å². The summed E-state index contributed by atoms with van der Waals surface area (Å²) in [6.07, 6.45) is 5.97. The van der Waals surface area contributed by atoms with E-state index in [0.29, 0.717) is 6.54 Å². The summed E-state index contributed by atoms with van der Waals surface area (Å²) in [6, 6.07) is 14.3. The molecule has 1 fully saturated rings. The third-order valence-electron chi connectivity index (χ3n) is 4.75. The van der Waals surface area contributed by atoms with Gasteiger partial charge in [-0.1, -0.05) is 36.4 Å². The lowest BCUT2D eigenvalue weighted by atomic mass is 10.1. The standard InChI is InChI=1S/C20H26N4O/c1-16(18-10-7-11-21-14-18)23-20(25)22-15-19(24-12-5-6-13-24)17-8-3-2-4-9-17/h2-4,7-11,14,16,19H,5-6,12-13,15H2,1H3,(H2,22,23,25)/t16-,19-/m1/s1. The molecular formula is C20H26N4O. The van der Waals surface area contributed by atoms with Gasteiger partial charge >= 0.3 is 6.03 Å². The molecule has 1 aromatic carbocycles. The molecule has 0 bridgehead atoms. The highest BCUT2D eigenvalue weighted by molar-refractivity contribution is 5.74. The van der Waals surface area contributed by atoms with E-state index < -0.39 is 0 Å². The van der Waals surface area contributed by atoms with E-state index in [9.17, 15) is 4.79 Å². The van der Waals surface area contributed by atoms with Gasteiger partial charge in [0.05, 0.1) is 12.1 Å². The van der Waals surface area contributed by atoms with E-state index in [2.05, 4.69) is 44.8 Å². The van der Waals surface area contributed by atoms with Crippen LogP contribution in [0.4, 0.5) is 4.79 Å². The van der Waals surface area contributed by atoms with Crippen molar-refractivity contribution in [2.75, 3.05) is 19.6 Å². The number of hydrogen-bond acceptors (Lipinski definition) is 3. The third-order valence-corrected chi connectivity index (χ3v) is 4.75. The van der Waals surface area contributed by atoms with E-state index in [1.807, 2.05) is 25.1 Å². The number of benzene rings is 1. The van der Waals surface area contributed by atoms with Crippen LogP contribution in [0.25, 0.3) is 0 Å². The van der Waals surface area contributed by atoms with Gasteiger partial charge in [-0.3, -0.25) is 9.88 Å². The summed E-state index contributed by atoms with van der Waals surface area (Å²) in [7, 11) is 0. The number of carbonyl (C=O) groups is 1. The van der Waals surface area contributed by atoms with E-state index in [1.165, 1.54) is 18.4 Å². The summed E-state index contributed by atoms with van der Waals surface area (Å²) >= 11 is 0. The number of rotatable bonds is 6. The lowest BCUT2D eigenvalue weighted by molar-refractivity contribution is 0.219. The predicted molar refractivity (Wildman–Crippen MR) is 99.2 cm³/mol. The lowest BCUT2D eigenvalue weighted by Crippen LogP contribution is -2.42. The van der Waals surface area contributed by atoms with Crippen molar-refractivity contribution in [3.63, 3.8) is 0 Å². The molecule has 0 saturated carbocycles. The molecule has 2 N–H and O–H groups in total. The quantitative estimate of drug-likeness (QED) is 0.850. The van der Waals surface area contributed by atoms with Crippen LogP contribution in [0.2, 0.25) is 0 Å². The van der Waals surface area contributed by atoms with Crippen molar-refractivity contribution >= 4 is 6.03 Å². The number of carbonyl (C=O) groups excluding carboxylic acids is 1. The van der Waals surface area contributed by atoms with Gasteiger partial charge in [0.15, 0.2) is 0 Å². The number of hydrogen-bond donors (Lipinski definition) is 2. The molecule has 3 rings (SSSR count). The van der Waals surface area contributed by atoms with Crippen LogP contribution >= 0.6 is 0 Å². The maximum atomic E-state index is 12.3. The van der Waals surface area contributed by atoms with E-state index in [0.717, 1.165) is 18.7 Å². The minimum Gasteiger partial charge on any atom is -0.336 e. The highest BCUT2D eigenvalue weighted by atomic mass is 16.2. The molecule has 1 saturated heterocycles. The van der Waals surface area contributed by atoms with Crippen LogP contribution < -0.4 is 10.6 Å². The fourth-order valence-corrected chi connectivity index (χ4v) is 3.34. The van der Waals surface area contributed by atoms with Crippen LogP contribution in [0.5, 0.6) is 0 Å². The van der Waals surface area contributed by atoms with Gasteiger partial charge in [0.25, 0.3) is 0 Å². The fraction of sp³-hybridized carbons (Fsp3) is 0.400. The number of nitrogens with one attached hydrogen (secondary N) is 2. The maximum absolute atomic E-state index is 12.3. The predicted octanol–water partition coefficient (Wildman–Crippen LogP) is 3.28. The van der Waals surface area contributed by atoms with Gasteiger partial charge in [0.1, 0.15) is 0 Å². The Balaban J connectivity index is 1.58. The largest absolute Gasteiger partial charge is 0.336 e. The normalized spacial score (nSPS) is 17.0. The van der Waals surface area contributed by atoms with Crippen LogP contribution in [0, 0.1) is 0 Å². The number of aromatic nitrogens is 1. The van der Waals surface area contributed by atoms with Gasteiger partial charge in [-0.25, -0.2) is 4.79 Å². The molecule has 0 unspecified atom stereocenters. The molecule has 0 spiro atoms. The van der Waals surface area contributed by atoms with Gasteiger partial charge in [-0.05, 0) is 50.0 Å². The van der Waals surface area contributed by atoms with Crippen molar-refractivity contribution in [3.8, 4) is 0 Å². The monoisotopic (exact) mass is 338 g/mol. The molecule has 0 aliphatic carbocycles. The van der Waals surface area contributed by atoms with E-state index >= 15 is 0 Å². The Morgan fingerprint density at radius 3 is 2.52 bits per heavy atom. The molecule has 0 radical (unpaired) electrons. The van der Waals surface area contributed by atoms with E-state index in [4.69, 9.17) is 0 Å². The molecule has 1 aromatic heterocycles. The summed E-state index contributed by atoms with van der Waals surface area (Å²) in [6.45, 7) is 4.76. The summed E-state index contributed by atoms with van der Waals surface area (Å²) in [5, 5.41) is 6.03. The zero-order valence-electron chi connectivity index (χ0n) is 14.7. The lowest BCUT2D eigenvalue weighted by Gasteiger charge is -2.28. The highest BCUT2D eigenvalue weighted by Crippen LogP contribution is 2.24. The van der Waals surface area contributed by atoms with Crippen molar-refractivity contribution in [1.82, 2.24) is 20.5 Å². The van der Waals surface area contributed by atoms with Crippen LogP contribution in [0.15, 0.2) is 54.9 Å². The first-order chi connectivity index (χ1) is 12.2. The SMILES string of the molecule is C[C@@H](NC(=O)NC[C@H](c1ccccc1)N1CCCC1)c1cccnc1. The van der Waals surface area contributed by atoms with Crippen molar-refractivity contribution in [2.24, 2.45) is 0 Å². The first kappa shape index (κ1) is 17.4. The van der Waals surface area contributed by atoms with Gasteiger partial charge in [0.2, 0.25) is 0 Å². The molecule has 2 heterocycles. The Kier molecular flexibility index (Phi) is 6.01. The van der Waals surface area contributed by atoms with Gasteiger partial charge in [-0.2, -0.15) is 0 Å². The summed E-state index contributed by atoms with van der Waals surface area (Å²) in [4.78, 5) is 18.9. The third kappa shape index (κ3) is 4.79. The van der Waals surface area contributed by atoms with Crippen LogP contribution in [-0.2, 0) is 0 Å². The minimum absolute atomic E-state index is 0.0735. The molecule has 132 valence electrons. The van der Waals surface area contributed by atoms with E-state index in [1.54, 1.807) is 12.4 Å². The molecule has 2 amide bonds. The smallest absolute Gasteiger partial charge is 0.315 e. The Morgan fingerprint density at radius 2 is 1.84 bits per heavy atom. The highest BCUT2D eigenvalue weighted by Gasteiger charge is 2.24. The molecule has 1 aliphatic rings. The average Bonchev–Trinajstić information content (AvgIpc) is 3.18. The second kappa shape index (κ2) is 8.62. The van der Waals surface area contributed by atoms with Crippen molar-refractivity contribution in [2.45, 2.75) is 31.8 Å². The topological polar surface area (TPSA) is 57.3 Å². The first-order valence-electron chi connectivity index (χ1n) is 8.97. The second-order valence-corrected chi connectivity index (χ2v) is 6.53. The number of amides is 2. The molecule has 5 heteroatoms. The summed E-state index contributed by atoms with van der Waals surface area (Å²) < 4.78 is 0. The number of nitrogens with zero attached hydrogens (tertiary/aromatic N) is 2. The fourth-order valence-electron chi connectivity index (χ4n) is 3.34. The Hall–Kier alpha value is -2.40. The van der Waals surface area contributed by atoms with Gasteiger partial charge in [-0.15, -0.1) is 0 Å². The minimum atomic E-state index is -0.142. The maximum Gasteiger partial charge on any atom is 0.315 e. The van der Waals surface area contributed by atoms with Crippen molar-refractivity contribution in [1.29, 1.82) is 0 Å². The number of urea groups is 1. The molecule has 25 heavy (non-hydrogen) atoms. The van der Waals surface area contributed by atoms with Crippen molar-refractivity contribution < 1.29 is 4.79 Å². The number of pyridine rings is 1. The molecule has 2 atom stereocenters. The van der Waals surface area contributed by atoms with E-state index in [-0.39, 0.29) is 18.1 Å². The van der Waals surface area contributed by atoms with Crippen LogP contribution in [0.3, 0.4) is 0 Å². The van der Waals surface area contributed by atoms with Crippen molar-refractivity contribution in [3.05, 3.63) is 66.0 Å². The molecule has 2 aromatic rings. The molecular weight excluding hydrogens is 312 g/mol. The average molecular weight is 338 g/mol. The Bertz CT molecular complexity index is 656. The summed E-state index contributed by atoms with van der Waals surface area (Å²) in [5.74, 6) is 0. The molecule has 5 nitrogen and oxygen atoms in total. The first-order valence-corrected chi connectivity index (χ1v) is 8.97. The number of likely N-dealkylation sites (tertiary alicyclic amines) is 1. The van der Waals surface area contributed by atoms with Crippen LogP contribution in [-0.4, -0.2) is 35.5 Å². The Labute approximate surface area is 149 Å². The Morgan fingerprint density at radius 1 is 1.12 bits per heavy atom. The van der Waals surface area contributed by atoms with Gasteiger partial charge < -0.3 is 10.6 Å². The second-order valence-electron chi connectivity index (χ2n) is 6.53.